The Labute approximate surface area is 106 Å². The minimum atomic E-state index is 0.124. The molecular weight excluding hydrogens is 246 g/mol. The van der Waals surface area contributed by atoms with Crippen molar-refractivity contribution in [3.63, 3.8) is 0 Å². The summed E-state index contributed by atoms with van der Waals surface area (Å²) in [6, 6.07) is 0.570. The van der Waals surface area contributed by atoms with E-state index in [1.54, 1.807) is 14.2 Å². The lowest BCUT2D eigenvalue weighted by atomic mass is 10.3. The van der Waals surface area contributed by atoms with E-state index in [1.807, 2.05) is 11.8 Å². The highest BCUT2D eigenvalue weighted by molar-refractivity contribution is 6.16. The molecule has 0 radical (unpaired) electrons. The highest BCUT2D eigenvalue weighted by Crippen LogP contribution is 2.16. The smallest absolute Gasteiger partial charge is 0.318 e. The van der Waals surface area contributed by atoms with Crippen molar-refractivity contribution >= 4 is 17.6 Å². The molecule has 0 fully saturated rings. The third-order valence-electron chi connectivity index (χ3n) is 2.29. The highest BCUT2D eigenvalue weighted by Gasteiger charge is 2.19. The quantitative estimate of drug-likeness (QED) is 0.659. The lowest BCUT2D eigenvalue weighted by Crippen LogP contribution is -2.38. The maximum absolute atomic E-state index is 5.63. The zero-order chi connectivity index (χ0) is 12.7. The molecule has 0 saturated heterocycles. The van der Waals surface area contributed by atoms with Gasteiger partial charge < -0.3 is 18.8 Å². The van der Waals surface area contributed by atoms with Crippen LogP contribution in [0.4, 0.5) is 6.01 Å². The summed E-state index contributed by atoms with van der Waals surface area (Å²) >= 11 is 5.63. The van der Waals surface area contributed by atoms with E-state index in [1.165, 1.54) is 0 Å². The van der Waals surface area contributed by atoms with Crippen molar-refractivity contribution in [2.45, 2.75) is 18.8 Å². The van der Waals surface area contributed by atoms with Gasteiger partial charge in [0.25, 0.3) is 0 Å². The van der Waals surface area contributed by atoms with E-state index >= 15 is 0 Å². The van der Waals surface area contributed by atoms with Crippen LogP contribution in [0.5, 0.6) is 0 Å². The molecule has 98 valence electrons. The molecule has 0 aliphatic rings. The van der Waals surface area contributed by atoms with E-state index < -0.39 is 0 Å². The standard InChI is InChI=1S/C10H18ClN3O3/c1-8(7-16-3)14(4-5-15-2)10-13-12-9(6-11)17-10/h8H,4-7H2,1-3H3. The van der Waals surface area contributed by atoms with Gasteiger partial charge >= 0.3 is 6.01 Å². The number of ether oxygens (including phenoxy) is 2. The van der Waals surface area contributed by atoms with E-state index in [-0.39, 0.29) is 11.9 Å². The van der Waals surface area contributed by atoms with Gasteiger partial charge in [0, 0.05) is 20.8 Å². The molecule has 0 amide bonds. The van der Waals surface area contributed by atoms with Crippen molar-refractivity contribution in [2.75, 3.05) is 38.9 Å². The molecule has 0 saturated carbocycles. The lowest BCUT2D eigenvalue weighted by Gasteiger charge is -2.26. The summed E-state index contributed by atoms with van der Waals surface area (Å²) in [5.41, 5.74) is 0. The average Bonchev–Trinajstić information content (AvgIpc) is 2.78. The number of nitrogens with zero attached hydrogens (tertiary/aromatic N) is 3. The van der Waals surface area contributed by atoms with Crippen molar-refractivity contribution in [2.24, 2.45) is 0 Å². The summed E-state index contributed by atoms with van der Waals surface area (Å²) in [7, 11) is 3.31. The lowest BCUT2D eigenvalue weighted by molar-refractivity contribution is 0.168. The number of aromatic nitrogens is 2. The summed E-state index contributed by atoms with van der Waals surface area (Å²) in [6.45, 7) is 3.82. The molecule has 1 aromatic rings. The second-order valence-electron chi connectivity index (χ2n) is 3.60. The van der Waals surface area contributed by atoms with Crippen molar-refractivity contribution in [3.05, 3.63) is 5.89 Å². The number of methoxy groups -OCH3 is 2. The van der Waals surface area contributed by atoms with Gasteiger partial charge in [0.05, 0.1) is 19.3 Å². The van der Waals surface area contributed by atoms with E-state index in [4.69, 9.17) is 25.5 Å². The summed E-state index contributed by atoms with van der Waals surface area (Å²) in [5.74, 6) is 0.623. The Balaban J connectivity index is 2.73. The summed E-state index contributed by atoms with van der Waals surface area (Å²) in [6.07, 6.45) is 0. The van der Waals surface area contributed by atoms with Crippen molar-refractivity contribution in [1.29, 1.82) is 0 Å². The summed E-state index contributed by atoms with van der Waals surface area (Å²) < 4.78 is 15.6. The molecule has 0 aliphatic heterocycles. The van der Waals surface area contributed by atoms with E-state index in [2.05, 4.69) is 10.2 Å². The topological polar surface area (TPSA) is 60.6 Å². The number of halogens is 1. The van der Waals surface area contributed by atoms with Crippen LogP contribution in [-0.2, 0) is 15.4 Å². The Bertz CT molecular complexity index is 321. The van der Waals surface area contributed by atoms with Gasteiger partial charge in [-0.3, -0.25) is 0 Å². The molecule has 17 heavy (non-hydrogen) atoms. The second-order valence-corrected chi connectivity index (χ2v) is 3.87. The highest BCUT2D eigenvalue weighted by atomic mass is 35.5. The first-order valence-electron chi connectivity index (χ1n) is 5.35. The largest absolute Gasteiger partial charge is 0.407 e. The van der Waals surface area contributed by atoms with Crippen molar-refractivity contribution in [3.8, 4) is 0 Å². The Morgan fingerprint density at radius 3 is 2.65 bits per heavy atom. The minimum Gasteiger partial charge on any atom is -0.407 e. The fourth-order valence-corrected chi connectivity index (χ4v) is 1.55. The first-order valence-corrected chi connectivity index (χ1v) is 5.89. The predicted molar refractivity (Wildman–Crippen MR) is 64.4 cm³/mol. The average molecular weight is 264 g/mol. The van der Waals surface area contributed by atoms with E-state index in [0.29, 0.717) is 31.7 Å². The number of anilines is 1. The number of hydrogen-bond acceptors (Lipinski definition) is 6. The molecule has 0 bridgehead atoms. The zero-order valence-electron chi connectivity index (χ0n) is 10.4. The van der Waals surface area contributed by atoms with Gasteiger partial charge in [0.2, 0.25) is 5.89 Å². The van der Waals surface area contributed by atoms with Gasteiger partial charge in [0.1, 0.15) is 5.88 Å². The van der Waals surface area contributed by atoms with Gasteiger partial charge in [-0.2, -0.15) is 0 Å². The van der Waals surface area contributed by atoms with Gasteiger partial charge in [-0.25, -0.2) is 0 Å². The Morgan fingerprint density at radius 2 is 2.12 bits per heavy atom. The first kappa shape index (κ1) is 14.2. The molecule has 0 aromatic carbocycles. The second kappa shape index (κ2) is 7.47. The van der Waals surface area contributed by atoms with Crippen LogP contribution < -0.4 is 4.90 Å². The number of rotatable bonds is 8. The molecule has 7 heteroatoms. The maximum atomic E-state index is 5.63. The summed E-state index contributed by atoms with van der Waals surface area (Å²) in [4.78, 5) is 1.94. The molecule has 6 nitrogen and oxygen atoms in total. The molecule has 1 aromatic heterocycles. The Kier molecular flexibility index (Phi) is 6.25. The van der Waals surface area contributed by atoms with Gasteiger partial charge in [-0.1, -0.05) is 5.10 Å². The third-order valence-corrected chi connectivity index (χ3v) is 2.52. The number of hydrogen-bond donors (Lipinski definition) is 0. The normalized spacial score (nSPS) is 12.7. The zero-order valence-corrected chi connectivity index (χ0v) is 11.1. The van der Waals surface area contributed by atoms with Crippen LogP contribution in [0, 0.1) is 0 Å². The predicted octanol–water partition coefficient (Wildman–Crippen LogP) is 1.30. The van der Waals surface area contributed by atoms with Gasteiger partial charge in [-0.15, -0.1) is 16.7 Å². The molecule has 1 heterocycles. The number of alkyl halides is 1. The van der Waals surface area contributed by atoms with E-state index in [9.17, 15) is 0 Å². The van der Waals surface area contributed by atoms with Crippen LogP contribution in [0.2, 0.25) is 0 Å². The van der Waals surface area contributed by atoms with Crippen LogP contribution >= 0.6 is 11.6 Å². The Morgan fingerprint density at radius 1 is 1.35 bits per heavy atom. The third kappa shape index (κ3) is 4.14. The first-order chi connectivity index (χ1) is 8.22. The van der Waals surface area contributed by atoms with Gasteiger partial charge in [0.15, 0.2) is 0 Å². The molecule has 0 spiro atoms. The molecule has 1 rings (SSSR count). The molecule has 0 N–H and O–H groups in total. The van der Waals surface area contributed by atoms with Crippen LogP contribution in [0.1, 0.15) is 12.8 Å². The maximum Gasteiger partial charge on any atom is 0.318 e. The van der Waals surface area contributed by atoms with Crippen molar-refractivity contribution < 1.29 is 13.9 Å². The fourth-order valence-electron chi connectivity index (χ4n) is 1.44. The van der Waals surface area contributed by atoms with Crippen molar-refractivity contribution in [1.82, 2.24) is 10.2 Å². The van der Waals surface area contributed by atoms with E-state index in [0.717, 1.165) is 0 Å². The summed E-state index contributed by atoms with van der Waals surface area (Å²) in [5, 5.41) is 7.79. The molecule has 1 atom stereocenters. The molecule has 0 aliphatic carbocycles. The monoisotopic (exact) mass is 263 g/mol. The SMILES string of the molecule is COCCN(c1nnc(CCl)o1)C(C)COC. The van der Waals surface area contributed by atoms with Gasteiger partial charge in [-0.05, 0) is 6.92 Å². The van der Waals surface area contributed by atoms with Crippen LogP contribution in [0.25, 0.3) is 0 Å². The van der Waals surface area contributed by atoms with Crippen LogP contribution in [0.3, 0.4) is 0 Å². The van der Waals surface area contributed by atoms with Crippen LogP contribution in [-0.4, -0.2) is 50.2 Å². The van der Waals surface area contributed by atoms with Crippen LogP contribution in [0.15, 0.2) is 4.42 Å². The Hall–Kier alpha value is -0.850. The fraction of sp³-hybridized carbons (Fsp3) is 0.800. The molecular formula is C10H18ClN3O3. The minimum absolute atomic E-state index is 0.124. The molecule has 1 unspecified atom stereocenters.